The van der Waals surface area contributed by atoms with Crippen LogP contribution in [-0.2, 0) is 4.74 Å². The molecule has 1 saturated carbocycles. The minimum absolute atomic E-state index is 0.279. The number of carbonyl (C=O) groups is 1. The van der Waals surface area contributed by atoms with Crippen molar-refractivity contribution in [2.75, 3.05) is 0 Å². The summed E-state index contributed by atoms with van der Waals surface area (Å²) in [5.41, 5.74) is 0. The Morgan fingerprint density at radius 2 is 2.14 bits per heavy atom. The first-order valence-corrected chi connectivity index (χ1v) is 5.15. The monoisotopic (exact) mass is 195 g/mol. The molecule has 1 fully saturated rings. The Kier molecular flexibility index (Phi) is 4.31. The molecule has 1 rings (SSSR count). The van der Waals surface area contributed by atoms with Gasteiger partial charge in [-0.15, -0.1) is 6.42 Å². The van der Waals surface area contributed by atoms with Crippen molar-refractivity contribution in [1.29, 1.82) is 0 Å². The zero-order chi connectivity index (χ0) is 10.4. The van der Waals surface area contributed by atoms with Gasteiger partial charge in [0, 0.05) is 6.04 Å². The van der Waals surface area contributed by atoms with Crippen LogP contribution in [-0.4, -0.2) is 18.2 Å². The van der Waals surface area contributed by atoms with Crippen LogP contribution in [0, 0.1) is 12.3 Å². The summed E-state index contributed by atoms with van der Waals surface area (Å²) in [6.45, 7) is 1.68. The van der Waals surface area contributed by atoms with E-state index in [1.807, 2.05) is 0 Å². The Bertz CT molecular complexity index is 226. The van der Waals surface area contributed by atoms with E-state index in [0.29, 0.717) is 0 Å². The molecular formula is C11H17NO2. The number of nitrogens with one attached hydrogen (secondary N) is 1. The third-order valence-corrected chi connectivity index (χ3v) is 2.45. The van der Waals surface area contributed by atoms with Gasteiger partial charge in [-0.1, -0.05) is 25.2 Å². The second-order valence-corrected chi connectivity index (χ2v) is 3.69. The minimum Gasteiger partial charge on any atom is -0.433 e. The quantitative estimate of drug-likeness (QED) is 0.685. The predicted octanol–water partition coefficient (Wildman–Crippen LogP) is 2.07. The van der Waals surface area contributed by atoms with Crippen molar-refractivity contribution >= 4 is 6.09 Å². The van der Waals surface area contributed by atoms with E-state index in [-0.39, 0.29) is 12.1 Å². The second-order valence-electron chi connectivity index (χ2n) is 3.69. The molecule has 0 aromatic carbocycles. The van der Waals surface area contributed by atoms with E-state index < -0.39 is 6.10 Å². The standard InChI is InChI=1S/C11H17NO2/c1-3-9(2)14-11(13)12-10-7-5-4-6-8-10/h1,9-10H,4-8H2,2H3,(H,12,13)/t9-/m1/s1. The number of hydrogen-bond acceptors (Lipinski definition) is 2. The number of carbonyl (C=O) groups excluding carboxylic acids is 1. The molecule has 1 N–H and O–H groups in total. The van der Waals surface area contributed by atoms with E-state index in [0.717, 1.165) is 12.8 Å². The first-order chi connectivity index (χ1) is 6.72. The van der Waals surface area contributed by atoms with Crippen LogP contribution in [0.2, 0.25) is 0 Å². The molecule has 0 bridgehead atoms. The van der Waals surface area contributed by atoms with E-state index in [2.05, 4.69) is 11.2 Å². The van der Waals surface area contributed by atoms with Crippen LogP contribution in [0.15, 0.2) is 0 Å². The Hall–Kier alpha value is -1.17. The topological polar surface area (TPSA) is 38.3 Å². The van der Waals surface area contributed by atoms with Crippen molar-refractivity contribution in [3.05, 3.63) is 0 Å². The highest BCUT2D eigenvalue weighted by Crippen LogP contribution is 2.17. The Labute approximate surface area is 85.2 Å². The van der Waals surface area contributed by atoms with Crippen molar-refractivity contribution in [2.24, 2.45) is 0 Å². The van der Waals surface area contributed by atoms with E-state index in [4.69, 9.17) is 11.2 Å². The van der Waals surface area contributed by atoms with E-state index in [9.17, 15) is 4.79 Å². The fourth-order valence-electron chi connectivity index (χ4n) is 1.64. The lowest BCUT2D eigenvalue weighted by molar-refractivity contribution is 0.124. The van der Waals surface area contributed by atoms with Gasteiger partial charge in [0.05, 0.1) is 0 Å². The molecule has 3 heteroatoms. The second kappa shape index (κ2) is 5.54. The third kappa shape index (κ3) is 3.69. The van der Waals surface area contributed by atoms with E-state index in [1.165, 1.54) is 19.3 Å². The van der Waals surface area contributed by atoms with Gasteiger partial charge in [-0.3, -0.25) is 0 Å². The average Bonchev–Trinajstić information content (AvgIpc) is 2.19. The van der Waals surface area contributed by atoms with Gasteiger partial charge in [0.2, 0.25) is 0 Å². The normalized spacial score (nSPS) is 19.4. The molecule has 1 aliphatic carbocycles. The minimum atomic E-state index is -0.446. The third-order valence-electron chi connectivity index (χ3n) is 2.45. The van der Waals surface area contributed by atoms with Gasteiger partial charge >= 0.3 is 6.09 Å². The maximum Gasteiger partial charge on any atom is 0.408 e. The molecule has 3 nitrogen and oxygen atoms in total. The van der Waals surface area contributed by atoms with Crippen molar-refractivity contribution in [3.8, 4) is 12.3 Å². The number of alkyl carbamates (subject to hydrolysis) is 1. The molecule has 1 atom stereocenters. The molecule has 0 unspecified atom stereocenters. The molecule has 14 heavy (non-hydrogen) atoms. The fourth-order valence-corrected chi connectivity index (χ4v) is 1.64. The van der Waals surface area contributed by atoms with Crippen molar-refractivity contribution in [1.82, 2.24) is 5.32 Å². The van der Waals surface area contributed by atoms with Crippen molar-refractivity contribution < 1.29 is 9.53 Å². The summed E-state index contributed by atoms with van der Waals surface area (Å²) >= 11 is 0. The highest BCUT2D eigenvalue weighted by Gasteiger charge is 2.16. The SMILES string of the molecule is C#C[C@@H](C)OC(=O)NC1CCCCC1. The van der Waals surface area contributed by atoms with Crippen molar-refractivity contribution in [2.45, 2.75) is 51.2 Å². The maximum atomic E-state index is 11.3. The highest BCUT2D eigenvalue weighted by atomic mass is 16.6. The van der Waals surface area contributed by atoms with Crippen LogP contribution in [0.5, 0.6) is 0 Å². The molecule has 0 saturated heterocycles. The molecule has 78 valence electrons. The smallest absolute Gasteiger partial charge is 0.408 e. The summed E-state index contributed by atoms with van der Waals surface area (Å²) in [6.07, 6.45) is 10.0. The number of hydrogen-bond donors (Lipinski definition) is 1. The Balaban J connectivity index is 2.22. The van der Waals surface area contributed by atoms with Gasteiger partial charge in [0.25, 0.3) is 0 Å². The molecule has 0 radical (unpaired) electrons. The zero-order valence-corrected chi connectivity index (χ0v) is 8.58. The van der Waals surface area contributed by atoms with Crippen LogP contribution < -0.4 is 5.32 Å². The maximum absolute atomic E-state index is 11.3. The number of amides is 1. The summed E-state index contributed by atoms with van der Waals surface area (Å²) in [5.74, 6) is 2.35. The van der Waals surface area contributed by atoms with Gasteiger partial charge in [0.1, 0.15) is 0 Å². The molecule has 0 aromatic rings. The van der Waals surface area contributed by atoms with Crippen molar-refractivity contribution in [3.63, 3.8) is 0 Å². The lowest BCUT2D eigenvalue weighted by Crippen LogP contribution is -2.37. The molecular weight excluding hydrogens is 178 g/mol. The molecule has 1 amide bonds. The van der Waals surface area contributed by atoms with Crippen LogP contribution in [0.3, 0.4) is 0 Å². The summed E-state index contributed by atoms with van der Waals surface area (Å²) < 4.78 is 4.92. The van der Waals surface area contributed by atoms with Gasteiger partial charge in [-0.2, -0.15) is 0 Å². The Morgan fingerprint density at radius 3 is 2.71 bits per heavy atom. The highest BCUT2D eigenvalue weighted by molar-refractivity contribution is 5.68. The van der Waals surface area contributed by atoms with Crippen LogP contribution >= 0.6 is 0 Å². The molecule has 1 aliphatic rings. The number of terminal acetylenes is 1. The van der Waals surface area contributed by atoms with Gasteiger partial charge < -0.3 is 10.1 Å². The van der Waals surface area contributed by atoms with Gasteiger partial charge in [-0.25, -0.2) is 4.79 Å². The molecule has 0 spiro atoms. The van der Waals surface area contributed by atoms with Crippen LogP contribution in [0.4, 0.5) is 4.79 Å². The lowest BCUT2D eigenvalue weighted by atomic mass is 9.96. The molecule has 0 aliphatic heterocycles. The predicted molar refractivity (Wildman–Crippen MR) is 54.8 cm³/mol. The summed E-state index contributed by atoms with van der Waals surface area (Å²) in [5, 5.41) is 2.83. The lowest BCUT2D eigenvalue weighted by Gasteiger charge is -2.22. The number of rotatable bonds is 2. The first-order valence-electron chi connectivity index (χ1n) is 5.15. The largest absolute Gasteiger partial charge is 0.433 e. The molecule has 0 aromatic heterocycles. The van der Waals surface area contributed by atoms with E-state index in [1.54, 1.807) is 6.92 Å². The zero-order valence-electron chi connectivity index (χ0n) is 8.58. The Morgan fingerprint density at radius 1 is 1.50 bits per heavy atom. The summed E-state index contributed by atoms with van der Waals surface area (Å²) in [7, 11) is 0. The van der Waals surface area contributed by atoms with E-state index >= 15 is 0 Å². The number of ether oxygens (including phenoxy) is 1. The molecule has 0 heterocycles. The summed E-state index contributed by atoms with van der Waals surface area (Å²) in [6, 6.07) is 0.279. The fraction of sp³-hybridized carbons (Fsp3) is 0.727. The van der Waals surface area contributed by atoms with Gasteiger partial charge in [0.15, 0.2) is 6.10 Å². The van der Waals surface area contributed by atoms with Gasteiger partial charge in [-0.05, 0) is 19.8 Å². The van der Waals surface area contributed by atoms with Crippen LogP contribution in [0.1, 0.15) is 39.0 Å². The average molecular weight is 195 g/mol. The summed E-state index contributed by atoms with van der Waals surface area (Å²) in [4.78, 5) is 11.3. The van der Waals surface area contributed by atoms with Crippen LogP contribution in [0.25, 0.3) is 0 Å². The first kappa shape index (κ1) is 10.9.